The first-order valence-electron chi connectivity index (χ1n) is 7.55. The van der Waals surface area contributed by atoms with Crippen LogP contribution in [0.5, 0.6) is 0 Å². The Morgan fingerprint density at radius 3 is 2.95 bits per heavy atom. The van der Waals surface area contributed by atoms with Gasteiger partial charge in [-0.25, -0.2) is 4.39 Å². The van der Waals surface area contributed by atoms with Crippen LogP contribution in [0.4, 0.5) is 4.39 Å². The van der Waals surface area contributed by atoms with E-state index in [1.54, 1.807) is 6.07 Å². The molecule has 2 unspecified atom stereocenters. The first-order valence-corrected chi connectivity index (χ1v) is 7.55. The van der Waals surface area contributed by atoms with Gasteiger partial charge in [0.05, 0.1) is 5.92 Å². The monoisotopic (exact) mass is 289 g/mol. The number of aromatic nitrogens is 2. The summed E-state index contributed by atoms with van der Waals surface area (Å²) in [6, 6.07) is 6.56. The predicted octanol–water partition coefficient (Wildman–Crippen LogP) is 3.17. The highest BCUT2D eigenvalue weighted by atomic mass is 19.1. The van der Waals surface area contributed by atoms with Crippen LogP contribution in [0.25, 0.3) is 0 Å². The van der Waals surface area contributed by atoms with Crippen LogP contribution < -0.4 is 5.73 Å². The third-order valence-corrected chi connectivity index (χ3v) is 4.12. The van der Waals surface area contributed by atoms with Gasteiger partial charge in [0.25, 0.3) is 0 Å². The van der Waals surface area contributed by atoms with Gasteiger partial charge < -0.3 is 10.3 Å². The van der Waals surface area contributed by atoms with Gasteiger partial charge in [-0.2, -0.15) is 4.98 Å². The Hall–Kier alpha value is -1.75. The molecule has 1 saturated carbocycles. The van der Waals surface area contributed by atoms with Gasteiger partial charge in [-0.15, -0.1) is 0 Å². The highest BCUT2D eigenvalue weighted by Gasteiger charge is 2.27. The number of nitrogens with zero attached hydrogens (tertiary/aromatic N) is 2. The Kier molecular flexibility index (Phi) is 4.29. The van der Waals surface area contributed by atoms with Crippen LogP contribution in [-0.4, -0.2) is 16.2 Å². The minimum atomic E-state index is -0.248. The van der Waals surface area contributed by atoms with Crippen LogP contribution >= 0.6 is 0 Å². The van der Waals surface area contributed by atoms with Crippen LogP contribution in [-0.2, 0) is 6.42 Å². The van der Waals surface area contributed by atoms with Crippen molar-refractivity contribution in [3.63, 3.8) is 0 Å². The van der Waals surface area contributed by atoms with E-state index in [-0.39, 0.29) is 17.8 Å². The Balaban J connectivity index is 1.73. The van der Waals surface area contributed by atoms with Crippen molar-refractivity contribution in [3.05, 3.63) is 47.4 Å². The van der Waals surface area contributed by atoms with Crippen molar-refractivity contribution in [1.82, 2.24) is 10.1 Å². The highest BCUT2D eigenvalue weighted by Crippen LogP contribution is 2.30. The van der Waals surface area contributed by atoms with Gasteiger partial charge in [0, 0.05) is 12.5 Å². The van der Waals surface area contributed by atoms with Gasteiger partial charge in [-0.1, -0.05) is 36.6 Å². The van der Waals surface area contributed by atoms with Crippen LogP contribution in [0, 0.1) is 5.82 Å². The van der Waals surface area contributed by atoms with Gasteiger partial charge in [0.2, 0.25) is 5.89 Å². The summed E-state index contributed by atoms with van der Waals surface area (Å²) in [5.74, 6) is 1.13. The summed E-state index contributed by atoms with van der Waals surface area (Å²) in [7, 11) is 0. The molecule has 1 aliphatic rings. The molecule has 21 heavy (non-hydrogen) atoms. The minimum absolute atomic E-state index is 0.0926. The van der Waals surface area contributed by atoms with Crippen LogP contribution in [0.2, 0.25) is 0 Å². The average molecular weight is 289 g/mol. The number of halogens is 1. The molecule has 0 amide bonds. The molecule has 3 rings (SSSR count). The molecular weight excluding hydrogens is 269 g/mol. The summed E-state index contributed by atoms with van der Waals surface area (Å²) >= 11 is 0. The van der Waals surface area contributed by atoms with Gasteiger partial charge in [0.15, 0.2) is 5.82 Å². The molecule has 1 heterocycles. The minimum Gasteiger partial charge on any atom is -0.339 e. The largest absolute Gasteiger partial charge is 0.339 e. The summed E-state index contributed by atoms with van der Waals surface area (Å²) < 4.78 is 18.6. The lowest BCUT2D eigenvalue weighted by Crippen LogP contribution is -2.27. The maximum atomic E-state index is 13.2. The van der Waals surface area contributed by atoms with Crippen molar-refractivity contribution in [1.29, 1.82) is 0 Å². The van der Waals surface area contributed by atoms with Crippen molar-refractivity contribution >= 4 is 0 Å². The van der Waals surface area contributed by atoms with Crippen molar-refractivity contribution < 1.29 is 8.91 Å². The molecule has 112 valence electrons. The fraction of sp³-hybridized carbons (Fsp3) is 0.500. The molecule has 2 aromatic rings. The second kappa shape index (κ2) is 6.35. The molecule has 1 aliphatic carbocycles. The van der Waals surface area contributed by atoms with Crippen molar-refractivity contribution in [2.75, 3.05) is 0 Å². The molecular formula is C16H20FN3O. The zero-order valence-corrected chi connectivity index (χ0v) is 12.0. The lowest BCUT2D eigenvalue weighted by molar-refractivity contribution is 0.323. The molecule has 5 heteroatoms. The summed E-state index contributed by atoms with van der Waals surface area (Å²) in [6.45, 7) is 0. The van der Waals surface area contributed by atoms with E-state index in [0.717, 1.165) is 24.8 Å². The van der Waals surface area contributed by atoms with Crippen molar-refractivity contribution in [2.24, 2.45) is 5.73 Å². The number of hydrogen-bond acceptors (Lipinski definition) is 4. The fourth-order valence-electron chi connectivity index (χ4n) is 2.96. The maximum absolute atomic E-state index is 13.2. The highest BCUT2D eigenvalue weighted by molar-refractivity contribution is 5.20. The van der Waals surface area contributed by atoms with E-state index in [9.17, 15) is 4.39 Å². The van der Waals surface area contributed by atoms with E-state index >= 15 is 0 Å². The number of hydrogen-bond donors (Lipinski definition) is 1. The lowest BCUT2D eigenvalue weighted by atomic mass is 9.95. The van der Waals surface area contributed by atoms with E-state index in [1.807, 2.05) is 6.07 Å². The van der Waals surface area contributed by atoms with Crippen molar-refractivity contribution in [2.45, 2.75) is 50.5 Å². The molecule has 1 aromatic heterocycles. The molecule has 0 aliphatic heterocycles. The lowest BCUT2D eigenvalue weighted by Gasteiger charge is -2.16. The Bertz CT molecular complexity index is 599. The molecule has 1 aromatic carbocycles. The van der Waals surface area contributed by atoms with Crippen molar-refractivity contribution in [3.8, 4) is 0 Å². The SMILES string of the molecule is NC1CCCCCC1c1nc(Cc2cccc(F)c2)no1. The molecule has 0 spiro atoms. The quantitative estimate of drug-likeness (QED) is 0.881. The third kappa shape index (κ3) is 3.47. The van der Waals surface area contributed by atoms with Gasteiger partial charge in [-0.05, 0) is 30.5 Å². The smallest absolute Gasteiger partial charge is 0.231 e. The van der Waals surface area contributed by atoms with E-state index < -0.39 is 0 Å². The zero-order valence-electron chi connectivity index (χ0n) is 12.0. The molecule has 2 N–H and O–H groups in total. The Morgan fingerprint density at radius 2 is 2.10 bits per heavy atom. The standard InChI is InChI=1S/C16H20FN3O/c17-12-6-4-5-11(9-12)10-15-19-16(21-20-15)13-7-2-1-3-8-14(13)18/h4-6,9,13-14H,1-3,7-8,10,18H2. The number of rotatable bonds is 3. The van der Waals surface area contributed by atoms with E-state index in [4.69, 9.17) is 10.3 Å². The van der Waals surface area contributed by atoms with Crippen LogP contribution in [0.3, 0.4) is 0 Å². The normalized spacial score (nSPS) is 23.0. The van der Waals surface area contributed by atoms with Crippen LogP contribution in [0.15, 0.2) is 28.8 Å². The van der Waals surface area contributed by atoms with Gasteiger partial charge in [0.1, 0.15) is 5.82 Å². The second-order valence-corrected chi connectivity index (χ2v) is 5.76. The number of benzene rings is 1. The topological polar surface area (TPSA) is 64.9 Å². The molecule has 1 fully saturated rings. The Morgan fingerprint density at radius 1 is 1.24 bits per heavy atom. The molecule has 2 atom stereocenters. The summed E-state index contributed by atoms with van der Waals surface area (Å²) in [6.07, 6.45) is 6.02. The summed E-state index contributed by atoms with van der Waals surface area (Å²) in [5.41, 5.74) is 7.06. The Labute approximate surface area is 123 Å². The summed E-state index contributed by atoms with van der Waals surface area (Å²) in [4.78, 5) is 4.47. The third-order valence-electron chi connectivity index (χ3n) is 4.12. The molecule has 0 radical (unpaired) electrons. The number of nitrogens with two attached hydrogens (primary N) is 1. The molecule has 4 nitrogen and oxygen atoms in total. The van der Waals surface area contributed by atoms with Crippen LogP contribution in [0.1, 0.15) is 55.3 Å². The average Bonchev–Trinajstić information content (AvgIpc) is 2.80. The fourth-order valence-corrected chi connectivity index (χ4v) is 2.96. The van der Waals surface area contributed by atoms with E-state index in [2.05, 4.69) is 10.1 Å². The van der Waals surface area contributed by atoms with Gasteiger partial charge in [-0.3, -0.25) is 0 Å². The van der Waals surface area contributed by atoms with E-state index in [0.29, 0.717) is 18.1 Å². The summed E-state index contributed by atoms with van der Waals surface area (Å²) in [5, 5.41) is 4.02. The molecule has 0 bridgehead atoms. The zero-order chi connectivity index (χ0) is 14.7. The first-order chi connectivity index (χ1) is 10.2. The molecule has 0 saturated heterocycles. The maximum Gasteiger partial charge on any atom is 0.231 e. The van der Waals surface area contributed by atoms with E-state index in [1.165, 1.54) is 25.0 Å². The van der Waals surface area contributed by atoms with Gasteiger partial charge >= 0.3 is 0 Å². The second-order valence-electron chi connectivity index (χ2n) is 5.76. The first kappa shape index (κ1) is 14.2. The predicted molar refractivity (Wildman–Crippen MR) is 77.3 cm³/mol.